The predicted molar refractivity (Wildman–Crippen MR) is 197 cm³/mol. The van der Waals surface area contributed by atoms with E-state index in [4.69, 9.17) is 0 Å². The lowest BCUT2D eigenvalue weighted by molar-refractivity contribution is 0.590. The van der Waals surface area contributed by atoms with Crippen molar-refractivity contribution >= 4 is 34.1 Å². The summed E-state index contributed by atoms with van der Waals surface area (Å²) in [4.78, 5) is 4.81. The molecule has 5 aromatic carbocycles. The number of anilines is 6. The van der Waals surface area contributed by atoms with Crippen LogP contribution in [0.3, 0.4) is 0 Å². The number of rotatable bonds is 6. The summed E-state index contributed by atoms with van der Waals surface area (Å²) in [7, 11) is 0. The van der Waals surface area contributed by atoms with Crippen LogP contribution in [-0.2, 0) is 16.2 Å². The van der Waals surface area contributed by atoms with E-state index in [2.05, 4.69) is 200 Å². The van der Waals surface area contributed by atoms with E-state index in [0.717, 1.165) is 28.4 Å². The van der Waals surface area contributed by atoms with Crippen molar-refractivity contribution in [3.8, 4) is 0 Å². The highest BCUT2D eigenvalue weighted by molar-refractivity contribution is 5.84. The van der Waals surface area contributed by atoms with Gasteiger partial charge in [-0.2, -0.15) is 0 Å². The molecule has 0 N–H and O–H groups in total. The maximum Gasteiger partial charge on any atom is 0.0498 e. The fourth-order valence-electron chi connectivity index (χ4n) is 5.98. The summed E-state index contributed by atoms with van der Waals surface area (Å²) in [5, 5.41) is 0. The van der Waals surface area contributed by atoms with Crippen molar-refractivity contribution < 1.29 is 0 Å². The molecule has 0 spiro atoms. The van der Waals surface area contributed by atoms with Gasteiger partial charge in [-0.1, -0.05) is 123 Å². The van der Waals surface area contributed by atoms with Gasteiger partial charge < -0.3 is 9.80 Å². The van der Waals surface area contributed by atoms with Crippen molar-refractivity contribution in [2.24, 2.45) is 0 Å². The SMILES string of the molecule is Cc1cc(N(c2ccc(C(C)(C)C)cc2)c2ccc(C(C)(C)C)cc2)cc(N(c2ccccc2)c2ccccc2C(C)(C)C)c1. The van der Waals surface area contributed by atoms with E-state index < -0.39 is 0 Å². The molecule has 0 fully saturated rings. The molecule has 45 heavy (non-hydrogen) atoms. The van der Waals surface area contributed by atoms with Gasteiger partial charge in [-0.05, 0) is 106 Å². The van der Waals surface area contributed by atoms with Gasteiger partial charge in [-0.15, -0.1) is 0 Å². The first-order chi connectivity index (χ1) is 21.1. The van der Waals surface area contributed by atoms with Gasteiger partial charge in [-0.3, -0.25) is 0 Å². The second-order valence-electron chi connectivity index (χ2n) is 15.4. The predicted octanol–water partition coefficient (Wildman–Crippen LogP) is 12.8. The van der Waals surface area contributed by atoms with E-state index in [1.54, 1.807) is 0 Å². The third-order valence-electron chi connectivity index (χ3n) is 8.51. The Hall–Kier alpha value is -4.30. The zero-order chi connectivity index (χ0) is 32.6. The molecule has 0 amide bonds. The van der Waals surface area contributed by atoms with Gasteiger partial charge in [0.2, 0.25) is 0 Å². The second-order valence-corrected chi connectivity index (χ2v) is 15.4. The summed E-state index contributed by atoms with van der Waals surface area (Å²) >= 11 is 0. The van der Waals surface area contributed by atoms with Gasteiger partial charge in [-0.25, -0.2) is 0 Å². The first kappa shape index (κ1) is 32.1. The number of benzene rings is 5. The topological polar surface area (TPSA) is 6.48 Å². The van der Waals surface area contributed by atoms with Crippen LogP contribution in [0.15, 0.2) is 121 Å². The van der Waals surface area contributed by atoms with Crippen molar-refractivity contribution in [3.05, 3.63) is 144 Å². The van der Waals surface area contributed by atoms with Crippen LogP contribution >= 0.6 is 0 Å². The molecule has 0 bridgehead atoms. The lowest BCUT2D eigenvalue weighted by Gasteiger charge is -2.33. The molecule has 0 unspecified atom stereocenters. The number of hydrogen-bond donors (Lipinski definition) is 0. The molecule has 232 valence electrons. The van der Waals surface area contributed by atoms with Crippen LogP contribution in [0.5, 0.6) is 0 Å². The van der Waals surface area contributed by atoms with E-state index in [9.17, 15) is 0 Å². The van der Waals surface area contributed by atoms with E-state index in [1.165, 1.54) is 27.9 Å². The molecular formula is C43H50N2. The summed E-state index contributed by atoms with van der Waals surface area (Å²) in [6, 6.07) is 44.7. The Morgan fingerprint density at radius 2 is 0.800 bits per heavy atom. The zero-order valence-electron chi connectivity index (χ0n) is 28.9. The van der Waals surface area contributed by atoms with Crippen molar-refractivity contribution in [3.63, 3.8) is 0 Å². The fraction of sp³-hybridized carbons (Fsp3) is 0.302. The third kappa shape index (κ3) is 7.17. The van der Waals surface area contributed by atoms with E-state index >= 15 is 0 Å². The van der Waals surface area contributed by atoms with Gasteiger partial charge in [0.1, 0.15) is 0 Å². The number of hydrogen-bond acceptors (Lipinski definition) is 2. The molecule has 0 saturated heterocycles. The third-order valence-corrected chi connectivity index (χ3v) is 8.51. The largest absolute Gasteiger partial charge is 0.310 e. The summed E-state index contributed by atoms with van der Waals surface area (Å²) in [6.07, 6.45) is 0. The Morgan fingerprint density at radius 1 is 0.378 bits per heavy atom. The van der Waals surface area contributed by atoms with Crippen molar-refractivity contribution in [2.75, 3.05) is 9.80 Å². The van der Waals surface area contributed by atoms with Crippen LogP contribution in [0.1, 0.15) is 84.6 Å². The molecule has 0 aromatic heterocycles. The van der Waals surface area contributed by atoms with Gasteiger partial charge in [0.25, 0.3) is 0 Å². The molecule has 5 rings (SSSR count). The fourth-order valence-corrected chi connectivity index (χ4v) is 5.98. The number of nitrogens with zero attached hydrogens (tertiary/aromatic N) is 2. The monoisotopic (exact) mass is 594 g/mol. The maximum absolute atomic E-state index is 2.42. The average Bonchev–Trinajstić information content (AvgIpc) is 2.97. The van der Waals surface area contributed by atoms with E-state index in [-0.39, 0.29) is 16.2 Å². The molecule has 2 heteroatoms. The van der Waals surface area contributed by atoms with Gasteiger partial charge in [0, 0.05) is 34.1 Å². The van der Waals surface area contributed by atoms with Crippen LogP contribution in [0, 0.1) is 6.92 Å². The van der Waals surface area contributed by atoms with Crippen LogP contribution in [0.4, 0.5) is 34.1 Å². The highest BCUT2D eigenvalue weighted by Crippen LogP contribution is 2.44. The molecule has 0 radical (unpaired) electrons. The summed E-state index contributed by atoms with van der Waals surface area (Å²) in [6.45, 7) is 22.7. The molecule has 0 aliphatic rings. The standard InChI is InChI=1S/C43H50N2/c1-31-28-37(30-38(29-31)45(34-16-12-11-13-17-34)40-19-15-14-18-39(40)43(8,9)10)44(35-24-20-32(21-25-35)41(2,3)4)36-26-22-33(23-27-36)42(5,6)7/h11-30H,1-10H3. The lowest BCUT2D eigenvalue weighted by atomic mass is 9.85. The van der Waals surface area contributed by atoms with Crippen molar-refractivity contribution in [1.29, 1.82) is 0 Å². The van der Waals surface area contributed by atoms with E-state index in [0.29, 0.717) is 0 Å². The van der Waals surface area contributed by atoms with E-state index in [1.807, 2.05) is 0 Å². The van der Waals surface area contributed by atoms with Crippen LogP contribution in [0.25, 0.3) is 0 Å². The number of para-hydroxylation sites is 2. The first-order valence-corrected chi connectivity index (χ1v) is 16.2. The minimum atomic E-state index is -0.0219. The summed E-state index contributed by atoms with van der Waals surface area (Å²) in [5.74, 6) is 0. The first-order valence-electron chi connectivity index (χ1n) is 16.2. The highest BCUT2D eigenvalue weighted by atomic mass is 15.2. The minimum absolute atomic E-state index is 0.0219. The quantitative estimate of drug-likeness (QED) is 0.193. The average molecular weight is 595 g/mol. The minimum Gasteiger partial charge on any atom is -0.310 e. The van der Waals surface area contributed by atoms with Crippen molar-refractivity contribution in [2.45, 2.75) is 85.5 Å². The van der Waals surface area contributed by atoms with Crippen LogP contribution in [0.2, 0.25) is 0 Å². The Kier molecular flexibility index (Phi) is 8.73. The smallest absolute Gasteiger partial charge is 0.0498 e. The normalized spacial score (nSPS) is 12.2. The molecular weight excluding hydrogens is 544 g/mol. The highest BCUT2D eigenvalue weighted by Gasteiger charge is 2.25. The molecule has 0 atom stereocenters. The Labute approximate surface area is 272 Å². The Morgan fingerprint density at radius 3 is 1.27 bits per heavy atom. The van der Waals surface area contributed by atoms with Gasteiger partial charge >= 0.3 is 0 Å². The summed E-state index contributed by atoms with van der Waals surface area (Å²) < 4.78 is 0. The summed E-state index contributed by atoms with van der Waals surface area (Å²) in [5.41, 5.74) is 12.2. The number of aryl methyl sites for hydroxylation is 1. The maximum atomic E-state index is 2.42. The van der Waals surface area contributed by atoms with Crippen LogP contribution < -0.4 is 9.80 Å². The molecule has 0 aliphatic carbocycles. The zero-order valence-corrected chi connectivity index (χ0v) is 28.9. The second kappa shape index (κ2) is 12.2. The molecule has 0 saturated carbocycles. The molecule has 0 aliphatic heterocycles. The molecule has 2 nitrogen and oxygen atoms in total. The van der Waals surface area contributed by atoms with Gasteiger partial charge in [0.15, 0.2) is 0 Å². The Balaban J connectivity index is 1.73. The molecule has 5 aromatic rings. The lowest BCUT2D eigenvalue weighted by Crippen LogP contribution is -2.19. The van der Waals surface area contributed by atoms with Gasteiger partial charge in [0.05, 0.1) is 0 Å². The Bertz CT molecular complexity index is 1670. The van der Waals surface area contributed by atoms with Crippen molar-refractivity contribution in [1.82, 2.24) is 0 Å². The molecule has 0 heterocycles. The van der Waals surface area contributed by atoms with Crippen LogP contribution in [-0.4, -0.2) is 0 Å².